The summed E-state index contributed by atoms with van der Waals surface area (Å²) in [4.78, 5) is 30.2. The average Bonchev–Trinajstić information content (AvgIpc) is 2.97. The van der Waals surface area contributed by atoms with E-state index in [2.05, 4.69) is 29.6 Å². The number of rotatable bonds is 6. The number of benzene rings is 2. The van der Waals surface area contributed by atoms with Gasteiger partial charge in [0, 0.05) is 42.7 Å². The lowest BCUT2D eigenvalue weighted by atomic mass is 9.91. The Morgan fingerprint density at radius 2 is 1.56 bits per heavy atom. The lowest BCUT2D eigenvalue weighted by Gasteiger charge is -2.30. The highest BCUT2D eigenvalue weighted by atomic mass is 16.1. The second-order valence-corrected chi connectivity index (χ2v) is 11.0. The van der Waals surface area contributed by atoms with Gasteiger partial charge in [-0.2, -0.15) is 4.98 Å². The number of aromatic nitrogens is 3. The highest BCUT2D eigenvalue weighted by Crippen LogP contribution is 2.30. The maximum Gasteiger partial charge on any atom is 0.252 e. The van der Waals surface area contributed by atoms with Crippen molar-refractivity contribution in [1.29, 1.82) is 0 Å². The van der Waals surface area contributed by atoms with Crippen LogP contribution in [0.25, 0.3) is 22.2 Å². The molecular formula is C32H36N6O. The van der Waals surface area contributed by atoms with Crippen LogP contribution >= 0.6 is 0 Å². The van der Waals surface area contributed by atoms with E-state index in [4.69, 9.17) is 15.0 Å². The average molecular weight is 521 g/mol. The SMILES string of the molecule is CN(C)c1nc(NC2CCC(NC(=O)c3cc(-c4ccccc4)nc4ccccc34)CC2)nc2c1CCCC2. The Bertz CT molecular complexity index is 1480. The molecule has 39 heavy (non-hydrogen) atoms. The molecule has 2 aromatic heterocycles. The molecule has 7 nitrogen and oxygen atoms in total. The van der Waals surface area contributed by atoms with Crippen molar-refractivity contribution in [2.24, 2.45) is 0 Å². The molecule has 0 saturated heterocycles. The third-order valence-corrected chi connectivity index (χ3v) is 8.01. The minimum Gasteiger partial charge on any atom is -0.362 e. The minimum absolute atomic E-state index is 0.0316. The summed E-state index contributed by atoms with van der Waals surface area (Å²) in [7, 11) is 4.12. The fourth-order valence-electron chi connectivity index (χ4n) is 5.96. The van der Waals surface area contributed by atoms with Gasteiger partial charge in [0.15, 0.2) is 0 Å². The molecule has 2 aliphatic carbocycles. The third-order valence-electron chi connectivity index (χ3n) is 8.01. The van der Waals surface area contributed by atoms with Crippen LogP contribution in [0.1, 0.15) is 60.1 Å². The van der Waals surface area contributed by atoms with E-state index >= 15 is 0 Å². The highest BCUT2D eigenvalue weighted by molar-refractivity contribution is 6.07. The van der Waals surface area contributed by atoms with Gasteiger partial charge in [-0.05, 0) is 63.5 Å². The Balaban J connectivity index is 1.14. The number of aryl methyl sites for hydroxylation is 1. The molecule has 0 radical (unpaired) electrons. The summed E-state index contributed by atoms with van der Waals surface area (Å²) < 4.78 is 0. The van der Waals surface area contributed by atoms with E-state index in [1.165, 1.54) is 24.1 Å². The number of nitrogens with one attached hydrogen (secondary N) is 2. The van der Waals surface area contributed by atoms with Crippen molar-refractivity contribution < 1.29 is 4.79 Å². The Labute approximate surface area is 230 Å². The molecule has 2 aliphatic rings. The molecule has 1 amide bonds. The number of carbonyl (C=O) groups is 1. The van der Waals surface area contributed by atoms with Crippen LogP contribution in [0.2, 0.25) is 0 Å². The van der Waals surface area contributed by atoms with Gasteiger partial charge in [-0.15, -0.1) is 0 Å². The maximum atomic E-state index is 13.5. The number of carbonyl (C=O) groups excluding carboxylic acids is 1. The first kappa shape index (κ1) is 25.3. The number of amides is 1. The van der Waals surface area contributed by atoms with Crippen molar-refractivity contribution in [2.75, 3.05) is 24.3 Å². The number of pyridine rings is 1. The molecule has 0 aliphatic heterocycles. The van der Waals surface area contributed by atoms with Crippen LogP contribution < -0.4 is 15.5 Å². The molecule has 1 saturated carbocycles. The molecule has 1 fully saturated rings. The van der Waals surface area contributed by atoms with Gasteiger partial charge in [0.25, 0.3) is 5.91 Å². The molecule has 0 spiro atoms. The van der Waals surface area contributed by atoms with Gasteiger partial charge in [-0.1, -0.05) is 48.5 Å². The first-order valence-electron chi connectivity index (χ1n) is 14.1. The molecule has 200 valence electrons. The van der Waals surface area contributed by atoms with Crippen molar-refractivity contribution in [1.82, 2.24) is 20.3 Å². The molecule has 2 aromatic carbocycles. The second kappa shape index (κ2) is 11.0. The van der Waals surface area contributed by atoms with Crippen molar-refractivity contribution in [2.45, 2.75) is 63.5 Å². The van der Waals surface area contributed by atoms with Gasteiger partial charge in [0.1, 0.15) is 5.82 Å². The van der Waals surface area contributed by atoms with Crippen LogP contribution in [0.4, 0.5) is 11.8 Å². The lowest BCUT2D eigenvalue weighted by molar-refractivity contribution is 0.0928. The van der Waals surface area contributed by atoms with Crippen LogP contribution in [0, 0.1) is 0 Å². The fourth-order valence-corrected chi connectivity index (χ4v) is 5.96. The zero-order valence-electron chi connectivity index (χ0n) is 22.8. The van der Waals surface area contributed by atoms with Crippen LogP contribution in [0.3, 0.4) is 0 Å². The lowest BCUT2D eigenvalue weighted by Crippen LogP contribution is -2.40. The van der Waals surface area contributed by atoms with E-state index in [1.54, 1.807) is 0 Å². The van der Waals surface area contributed by atoms with Gasteiger partial charge in [0.05, 0.1) is 22.5 Å². The van der Waals surface area contributed by atoms with Gasteiger partial charge in [-0.25, -0.2) is 9.97 Å². The zero-order chi connectivity index (χ0) is 26.8. The molecule has 2 N–H and O–H groups in total. The summed E-state index contributed by atoms with van der Waals surface area (Å²) in [6.45, 7) is 0. The van der Waals surface area contributed by atoms with E-state index in [0.717, 1.165) is 72.5 Å². The molecule has 0 bridgehead atoms. The van der Waals surface area contributed by atoms with Gasteiger partial charge in [0.2, 0.25) is 5.95 Å². The summed E-state index contributed by atoms with van der Waals surface area (Å²) in [5.74, 6) is 1.75. The van der Waals surface area contributed by atoms with Gasteiger partial charge >= 0.3 is 0 Å². The van der Waals surface area contributed by atoms with Crippen molar-refractivity contribution >= 4 is 28.6 Å². The normalized spacial score (nSPS) is 18.8. The van der Waals surface area contributed by atoms with Crippen LogP contribution in [-0.4, -0.2) is 47.0 Å². The van der Waals surface area contributed by atoms with E-state index < -0.39 is 0 Å². The zero-order valence-corrected chi connectivity index (χ0v) is 22.8. The van der Waals surface area contributed by atoms with Crippen LogP contribution in [0.5, 0.6) is 0 Å². The predicted molar refractivity (Wildman–Crippen MR) is 157 cm³/mol. The summed E-state index contributed by atoms with van der Waals surface area (Å²) in [5.41, 5.74) is 5.84. The van der Waals surface area contributed by atoms with Gasteiger partial charge in [-0.3, -0.25) is 4.79 Å². The van der Waals surface area contributed by atoms with E-state index in [1.807, 2.05) is 60.7 Å². The molecule has 0 atom stereocenters. The summed E-state index contributed by atoms with van der Waals surface area (Å²) in [6, 6.07) is 20.3. The summed E-state index contributed by atoms with van der Waals surface area (Å²) in [5, 5.41) is 7.82. The van der Waals surface area contributed by atoms with E-state index in [0.29, 0.717) is 11.6 Å². The Morgan fingerprint density at radius 1 is 0.846 bits per heavy atom. The monoisotopic (exact) mass is 520 g/mol. The predicted octanol–water partition coefficient (Wildman–Crippen LogP) is 5.79. The second-order valence-electron chi connectivity index (χ2n) is 11.0. The number of hydrogen-bond donors (Lipinski definition) is 2. The standard InChI is InChI=1S/C32H36N6O/c1-38(2)30-25-13-7-9-15-28(25)36-32(37-30)34-23-18-16-22(17-19-23)33-31(39)26-20-29(21-10-4-3-5-11-21)35-27-14-8-6-12-24(26)27/h3-6,8,10-12,14,20,22-23H,7,9,13,15-19H2,1-2H3,(H,33,39)(H,34,36,37). The quantitative estimate of drug-likeness (QED) is 0.335. The summed E-state index contributed by atoms with van der Waals surface area (Å²) in [6.07, 6.45) is 8.27. The first-order valence-corrected chi connectivity index (χ1v) is 14.1. The molecular weight excluding hydrogens is 484 g/mol. The third kappa shape index (κ3) is 5.44. The Morgan fingerprint density at radius 3 is 2.36 bits per heavy atom. The Kier molecular flexibility index (Phi) is 7.14. The smallest absolute Gasteiger partial charge is 0.252 e. The van der Waals surface area contributed by atoms with Crippen molar-refractivity contribution in [3.05, 3.63) is 77.5 Å². The minimum atomic E-state index is -0.0316. The maximum absolute atomic E-state index is 13.5. The summed E-state index contributed by atoms with van der Waals surface area (Å²) >= 11 is 0. The number of para-hydroxylation sites is 1. The molecule has 0 unspecified atom stereocenters. The van der Waals surface area contributed by atoms with Crippen molar-refractivity contribution in [3.63, 3.8) is 0 Å². The number of hydrogen-bond acceptors (Lipinski definition) is 6. The number of anilines is 2. The molecule has 2 heterocycles. The van der Waals surface area contributed by atoms with Gasteiger partial charge < -0.3 is 15.5 Å². The first-order chi connectivity index (χ1) is 19.0. The van der Waals surface area contributed by atoms with Crippen LogP contribution in [0.15, 0.2) is 60.7 Å². The fraction of sp³-hybridized carbons (Fsp3) is 0.375. The molecule has 6 rings (SSSR count). The van der Waals surface area contributed by atoms with E-state index in [9.17, 15) is 4.79 Å². The Hall–Kier alpha value is -4.00. The molecule has 7 heteroatoms. The topological polar surface area (TPSA) is 83.0 Å². The van der Waals surface area contributed by atoms with Crippen molar-refractivity contribution in [3.8, 4) is 11.3 Å². The highest BCUT2D eigenvalue weighted by Gasteiger charge is 2.26. The van der Waals surface area contributed by atoms with E-state index in [-0.39, 0.29) is 11.9 Å². The largest absolute Gasteiger partial charge is 0.362 e. The number of nitrogens with zero attached hydrogens (tertiary/aromatic N) is 4. The number of fused-ring (bicyclic) bond motifs is 2. The molecule has 4 aromatic rings. The van der Waals surface area contributed by atoms with Crippen LogP contribution in [-0.2, 0) is 12.8 Å².